The maximum Gasteiger partial charge on any atom is 0.194 e. The van der Waals surface area contributed by atoms with Crippen LogP contribution in [0.2, 0.25) is 5.02 Å². The lowest BCUT2D eigenvalue weighted by Crippen LogP contribution is -2.11. The second-order valence-corrected chi connectivity index (χ2v) is 10.8. The number of hydrogen-bond donors (Lipinski definition) is 0. The van der Waals surface area contributed by atoms with Gasteiger partial charge >= 0.3 is 0 Å². The van der Waals surface area contributed by atoms with Crippen molar-refractivity contribution in [2.75, 3.05) is 6.26 Å². The summed E-state index contributed by atoms with van der Waals surface area (Å²) in [6.07, 6.45) is 3.96. The molecule has 0 aliphatic rings. The molecule has 0 unspecified atom stereocenters. The molecule has 29 heavy (non-hydrogen) atoms. The molecule has 150 valence electrons. The number of rotatable bonds is 6. The fourth-order valence-electron chi connectivity index (χ4n) is 2.72. The highest BCUT2D eigenvalue weighted by molar-refractivity contribution is 7.91. The quantitative estimate of drug-likeness (QED) is 0.535. The van der Waals surface area contributed by atoms with Gasteiger partial charge in [-0.05, 0) is 54.1 Å². The molecule has 1 heterocycles. The predicted molar refractivity (Wildman–Crippen MR) is 110 cm³/mol. The van der Waals surface area contributed by atoms with Crippen molar-refractivity contribution in [3.8, 4) is 0 Å². The third-order valence-corrected chi connectivity index (χ3v) is 7.24. The minimum atomic E-state index is -3.83. The normalized spacial score (nSPS) is 11.9. The van der Waals surface area contributed by atoms with Gasteiger partial charge < -0.3 is 0 Å². The number of sulfone groups is 2. The van der Waals surface area contributed by atoms with Crippen molar-refractivity contribution in [2.24, 2.45) is 0 Å². The second-order valence-electron chi connectivity index (χ2n) is 6.37. The zero-order valence-corrected chi connectivity index (χ0v) is 17.6. The molecule has 0 saturated carbocycles. The van der Waals surface area contributed by atoms with E-state index in [1.54, 1.807) is 12.1 Å². The third kappa shape index (κ3) is 4.90. The van der Waals surface area contributed by atoms with Crippen molar-refractivity contribution in [2.45, 2.75) is 15.5 Å². The largest absolute Gasteiger partial charge is 0.289 e. The average molecular weight is 450 g/mol. The highest BCUT2D eigenvalue weighted by atomic mass is 35.5. The van der Waals surface area contributed by atoms with Gasteiger partial charge in [-0.1, -0.05) is 17.7 Å². The Labute approximate surface area is 174 Å². The molecule has 0 aliphatic heterocycles. The molecular formula is C20H16ClNO5S2. The number of carbonyl (C=O) groups is 1. The first-order valence-electron chi connectivity index (χ1n) is 8.34. The summed E-state index contributed by atoms with van der Waals surface area (Å²) in [5, 5.41) is 0.302. The van der Waals surface area contributed by atoms with Gasteiger partial charge in [0.1, 0.15) is 0 Å². The first-order valence-corrected chi connectivity index (χ1v) is 12.3. The van der Waals surface area contributed by atoms with Crippen LogP contribution in [0.25, 0.3) is 0 Å². The highest BCUT2D eigenvalue weighted by Gasteiger charge is 2.22. The predicted octanol–water partition coefficient (Wildman–Crippen LogP) is 3.34. The number of benzene rings is 2. The Morgan fingerprint density at radius 1 is 0.966 bits per heavy atom. The summed E-state index contributed by atoms with van der Waals surface area (Å²) in [7, 11) is -7.27. The molecule has 0 N–H and O–H groups in total. The Morgan fingerprint density at radius 3 is 2.21 bits per heavy atom. The van der Waals surface area contributed by atoms with Gasteiger partial charge in [-0.15, -0.1) is 0 Å². The van der Waals surface area contributed by atoms with Gasteiger partial charge in [0.2, 0.25) is 0 Å². The van der Waals surface area contributed by atoms with E-state index < -0.39 is 31.2 Å². The summed E-state index contributed by atoms with van der Waals surface area (Å²) >= 11 is 6.02. The Hall–Kier alpha value is -2.55. The average Bonchev–Trinajstić information content (AvgIpc) is 2.69. The van der Waals surface area contributed by atoms with Crippen LogP contribution in [0.4, 0.5) is 0 Å². The summed E-state index contributed by atoms with van der Waals surface area (Å²) < 4.78 is 48.8. The first kappa shape index (κ1) is 21.2. The standard InChI is InChI=1S/C20H16ClNO5S2/c1-28(24,25)17-6-8-18(9-7-17)29(26,27)13-15-4-5-16(21)11-19(15)20(23)14-3-2-10-22-12-14/h2-12H,13H2,1H3. The van der Waals surface area contributed by atoms with Crippen LogP contribution in [-0.2, 0) is 25.4 Å². The topological polar surface area (TPSA) is 98.2 Å². The lowest BCUT2D eigenvalue weighted by Gasteiger charge is -2.11. The molecule has 9 heteroatoms. The number of pyridine rings is 1. The lowest BCUT2D eigenvalue weighted by molar-refractivity contribution is 0.103. The molecule has 0 saturated heterocycles. The van der Waals surface area contributed by atoms with Crippen molar-refractivity contribution in [3.05, 3.63) is 88.7 Å². The van der Waals surface area contributed by atoms with E-state index in [1.165, 1.54) is 54.9 Å². The van der Waals surface area contributed by atoms with E-state index in [0.717, 1.165) is 6.26 Å². The minimum Gasteiger partial charge on any atom is -0.289 e. The van der Waals surface area contributed by atoms with E-state index in [2.05, 4.69) is 4.98 Å². The summed E-state index contributed by atoms with van der Waals surface area (Å²) in [5.41, 5.74) is 0.767. The first-order chi connectivity index (χ1) is 13.6. The van der Waals surface area contributed by atoms with E-state index in [4.69, 9.17) is 11.6 Å². The fraction of sp³-hybridized carbons (Fsp3) is 0.100. The fourth-order valence-corrected chi connectivity index (χ4v) is 4.90. The zero-order chi connectivity index (χ0) is 21.2. The van der Waals surface area contributed by atoms with Crippen molar-refractivity contribution in [1.82, 2.24) is 4.98 Å². The Kier molecular flexibility index (Phi) is 5.88. The number of hydrogen-bond acceptors (Lipinski definition) is 6. The molecule has 3 aromatic rings. The summed E-state index contributed by atoms with van der Waals surface area (Å²) in [6.45, 7) is 0. The molecule has 0 atom stereocenters. The number of aromatic nitrogens is 1. The van der Waals surface area contributed by atoms with Crippen LogP contribution in [0.1, 0.15) is 21.5 Å². The molecule has 0 amide bonds. The lowest BCUT2D eigenvalue weighted by atomic mass is 10.0. The van der Waals surface area contributed by atoms with Gasteiger partial charge in [0.25, 0.3) is 0 Å². The summed E-state index contributed by atoms with van der Waals surface area (Å²) in [4.78, 5) is 16.7. The SMILES string of the molecule is CS(=O)(=O)c1ccc(S(=O)(=O)Cc2ccc(Cl)cc2C(=O)c2cccnc2)cc1. The number of nitrogens with zero attached hydrogens (tertiary/aromatic N) is 1. The second kappa shape index (κ2) is 8.06. The number of halogens is 1. The molecule has 1 aromatic heterocycles. The number of carbonyl (C=O) groups excluding carboxylic acids is 1. The van der Waals surface area contributed by atoms with Crippen molar-refractivity contribution in [3.63, 3.8) is 0 Å². The van der Waals surface area contributed by atoms with E-state index in [-0.39, 0.29) is 20.9 Å². The zero-order valence-electron chi connectivity index (χ0n) is 15.2. The summed E-state index contributed by atoms with van der Waals surface area (Å²) in [5.74, 6) is -0.831. The van der Waals surface area contributed by atoms with E-state index in [1.807, 2.05) is 0 Å². The smallest absolute Gasteiger partial charge is 0.194 e. The Bertz CT molecular complexity index is 1270. The Morgan fingerprint density at radius 2 is 1.62 bits per heavy atom. The third-order valence-electron chi connectivity index (χ3n) is 4.20. The molecule has 6 nitrogen and oxygen atoms in total. The van der Waals surface area contributed by atoms with Crippen LogP contribution in [0, 0.1) is 0 Å². The molecule has 0 aliphatic carbocycles. The van der Waals surface area contributed by atoms with Crippen LogP contribution < -0.4 is 0 Å². The van der Waals surface area contributed by atoms with E-state index in [0.29, 0.717) is 10.6 Å². The highest BCUT2D eigenvalue weighted by Crippen LogP contribution is 2.25. The molecule has 0 fully saturated rings. The van der Waals surface area contributed by atoms with Crippen LogP contribution in [-0.4, -0.2) is 33.9 Å². The van der Waals surface area contributed by atoms with Crippen LogP contribution in [0.5, 0.6) is 0 Å². The van der Waals surface area contributed by atoms with Crippen LogP contribution >= 0.6 is 11.6 Å². The van der Waals surface area contributed by atoms with Crippen LogP contribution in [0.15, 0.2) is 76.8 Å². The van der Waals surface area contributed by atoms with Gasteiger partial charge in [0.15, 0.2) is 25.5 Å². The van der Waals surface area contributed by atoms with Crippen LogP contribution in [0.3, 0.4) is 0 Å². The maximum atomic E-state index is 12.9. The molecule has 0 spiro atoms. The molecule has 3 rings (SSSR count). The summed E-state index contributed by atoms with van der Waals surface area (Å²) in [6, 6.07) is 12.6. The molecule has 0 radical (unpaired) electrons. The van der Waals surface area contributed by atoms with Gasteiger partial charge in [-0.2, -0.15) is 0 Å². The minimum absolute atomic E-state index is 0.0235. The number of ketones is 1. The maximum absolute atomic E-state index is 12.9. The monoisotopic (exact) mass is 449 g/mol. The van der Waals surface area contributed by atoms with Crippen molar-refractivity contribution < 1.29 is 21.6 Å². The van der Waals surface area contributed by atoms with Crippen molar-refractivity contribution >= 4 is 37.1 Å². The molecule has 0 bridgehead atoms. The van der Waals surface area contributed by atoms with E-state index in [9.17, 15) is 21.6 Å². The van der Waals surface area contributed by atoms with Gasteiger partial charge in [0.05, 0.1) is 15.5 Å². The van der Waals surface area contributed by atoms with Crippen molar-refractivity contribution in [1.29, 1.82) is 0 Å². The van der Waals surface area contributed by atoms with Gasteiger partial charge in [0, 0.05) is 34.8 Å². The van der Waals surface area contributed by atoms with Gasteiger partial charge in [-0.3, -0.25) is 9.78 Å². The van der Waals surface area contributed by atoms with Gasteiger partial charge in [-0.25, -0.2) is 16.8 Å². The Balaban J connectivity index is 1.98. The molecular weight excluding hydrogens is 434 g/mol. The molecule has 2 aromatic carbocycles. The van der Waals surface area contributed by atoms with E-state index >= 15 is 0 Å².